The molecule has 1 atom stereocenters. The fourth-order valence-electron chi connectivity index (χ4n) is 3.08. The van der Waals surface area contributed by atoms with Crippen LogP contribution in [0.1, 0.15) is 54.2 Å². The first kappa shape index (κ1) is 12.2. The van der Waals surface area contributed by atoms with Gasteiger partial charge in [0.15, 0.2) is 0 Å². The van der Waals surface area contributed by atoms with Gasteiger partial charge in [0.25, 0.3) is 0 Å². The first-order valence-electron chi connectivity index (χ1n) is 11.0. The van der Waals surface area contributed by atoms with Gasteiger partial charge in [-0.15, -0.1) is 0 Å². The Balaban J connectivity index is 2.46. The summed E-state index contributed by atoms with van der Waals surface area (Å²) in [7, 11) is -3.89. The number of carbonyl (C=O) groups is 1. The molecule has 1 heterocycles. The summed E-state index contributed by atoms with van der Waals surface area (Å²) in [6.45, 7) is -0.484. The van der Waals surface area contributed by atoms with Crippen molar-refractivity contribution in [3.63, 3.8) is 0 Å². The fourth-order valence-corrected chi connectivity index (χ4v) is 4.72. The summed E-state index contributed by atoms with van der Waals surface area (Å²) in [5.41, 5.74) is 0.132. The zero-order valence-corrected chi connectivity index (χ0v) is 15.2. The Bertz CT molecular complexity index is 861. The van der Waals surface area contributed by atoms with E-state index in [1.54, 1.807) is 26.0 Å². The van der Waals surface area contributed by atoms with Crippen LogP contribution in [-0.4, -0.2) is 31.6 Å². The van der Waals surface area contributed by atoms with Gasteiger partial charge in [-0.2, -0.15) is 4.31 Å². The number of nitrogens with zero attached hydrogens (tertiary/aromatic N) is 1. The molecule has 0 spiro atoms. The lowest BCUT2D eigenvalue weighted by Gasteiger charge is -2.37. The van der Waals surface area contributed by atoms with Crippen LogP contribution < -0.4 is 0 Å². The van der Waals surface area contributed by atoms with E-state index in [-0.39, 0.29) is 30.8 Å². The monoisotopic (exact) mass is 357 g/mol. The minimum atomic E-state index is -3.89. The van der Waals surface area contributed by atoms with Crippen molar-refractivity contribution >= 4 is 15.8 Å². The van der Waals surface area contributed by atoms with E-state index < -0.39 is 46.8 Å². The summed E-state index contributed by atoms with van der Waals surface area (Å²) in [5.74, 6) is -3.56. The highest BCUT2D eigenvalue weighted by Gasteiger charge is 2.37. The average molecular weight is 358 g/mol. The quantitative estimate of drug-likeness (QED) is 0.830. The molecular weight excluding hydrogens is 322 g/mol. The predicted molar refractivity (Wildman–Crippen MR) is 96.3 cm³/mol. The Morgan fingerprint density at radius 3 is 2.46 bits per heavy atom. The lowest BCUT2D eigenvalue weighted by molar-refractivity contribution is -0.127. The van der Waals surface area contributed by atoms with Crippen molar-refractivity contribution in [2.75, 3.05) is 13.1 Å². The van der Waals surface area contributed by atoms with Crippen LogP contribution in [0.15, 0.2) is 29.2 Å². The molecule has 1 saturated heterocycles. The molecule has 1 fully saturated rings. The van der Waals surface area contributed by atoms with Crippen LogP contribution in [0.3, 0.4) is 0 Å². The average Bonchev–Trinajstić information content (AvgIpc) is 2.53. The maximum atomic E-state index is 13.2. The molecular formula is C19H29NO3S. The second-order valence-electron chi connectivity index (χ2n) is 7.33. The maximum absolute atomic E-state index is 13.2. The van der Waals surface area contributed by atoms with Gasteiger partial charge in [-0.1, -0.05) is 45.2 Å². The lowest BCUT2D eigenvalue weighted by atomic mass is 9.78. The number of sulfonamides is 1. The highest BCUT2D eigenvalue weighted by molar-refractivity contribution is 7.89. The SMILES string of the molecule is [2H]C([2H])([2H])C(C1CCN(S(=O)(=O)c2ccc(C)cc2)CC(C)(C)CC1=O)C([2H])([2H])[2H]. The lowest BCUT2D eigenvalue weighted by Crippen LogP contribution is -2.44. The number of Topliss-reactive ketones (excluding diaryl/α,β-unsaturated/α-hetero) is 1. The van der Waals surface area contributed by atoms with Crippen LogP contribution in [0.2, 0.25) is 0 Å². The largest absolute Gasteiger partial charge is 0.299 e. The normalized spacial score (nSPS) is 27.8. The van der Waals surface area contributed by atoms with Gasteiger partial charge in [0.2, 0.25) is 10.0 Å². The molecule has 0 bridgehead atoms. The Morgan fingerprint density at radius 1 is 1.25 bits per heavy atom. The molecule has 5 heteroatoms. The standard InChI is InChI=1S/C19H29NO3S/c1-14(2)17-10-11-20(13-19(4,5)12-18(17)21)24(22,23)16-8-6-15(3)7-9-16/h6-9,14,17H,10-13H2,1-5H3/i1D3,2D3. The van der Waals surface area contributed by atoms with E-state index in [2.05, 4.69) is 0 Å². The molecule has 0 amide bonds. The third-order valence-electron chi connectivity index (χ3n) is 4.42. The van der Waals surface area contributed by atoms with E-state index in [0.29, 0.717) is 0 Å². The first-order chi connectivity index (χ1) is 13.4. The number of ketones is 1. The van der Waals surface area contributed by atoms with Crippen LogP contribution in [0.4, 0.5) is 0 Å². The molecule has 134 valence electrons. The Labute approximate surface area is 154 Å². The molecule has 0 saturated carbocycles. The molecule has 1 unspecified atom stereocenters. The summed E-state index contributed by atoms with van der Waals surface area (Å²) in [4.78, 5) is 13.0. The van der Waals surface area contributed by atoms with E-state index in [9.17, 15) is 13.2 Å². The zero-order chi connectivity index (χ0) is 23.1. The van der Waals surface area contributed by atoms with Crippen LogP contribution in [0.5, 0.6) is 0 Å². The number of benzene rings is 1. The van der Waals surface area contributed by atoms with Gasteiger partial charge in [-0.05, 0) is 36.8 Å². The van der Waals surface area contributed by atoms with Gasteiger partial charge in [-0.25, -0.2) is 8.42 Å². The predicted octanol–water partition coefficient (Wildman–Crippen LogP) is 3.65. The van der Waals surface area contributed by atoms with Crippen molar-refractivity contribution < 1.29 is 21.4 Å². The van der Waals surface area contributed by atoms with Gasteiger partial charge in [0.1, 0.15) is 5.78 Å². The fraction of sp³-hybridized carbons (Fsp3) is 0.632. The highest BCUT2D eigenvalue weighted by atomic mass is 32.2. The van der Waals surface area contributed by atoms with Crippen LogP contribution in [-0.2, 0) is 14.8 Å². The maximum Gasteiger partial charge on any atom is 0.243 e. The molecule has 4 nitrogen and oxygen atoms in total. The van der Waals surface area contributed by atoms with Gasteiger partial charge < -0.3 is 0 Å². The first-order valence-corrected chi connectivity index (χ1v) is 9.49. The van der Waals surface area contributed by atoms with Crippen LogP contribution >= 0.6 is 0 Å². The molecule has 1 aliphatic heterocycles. The molecule has 0 aromatic heterocycles. The summed E-state index contributed by atoms with van der Waals surface area (Å²) < 4.78 is 74.0. The molecule has 0 aliphatic carbocycles. The van der Waals surface area contributed by atoms with Crippen molar-refractivity contribution in [2.24, 2.45) is 17.3 Å². The Kier molecular flexibility index (Phi) is 3.54. The molecule has 1 aromatic carbocycles. The highest BCUT2D eigenvalue weighted by Crippen LogP contribution is 2.33. The molecule has 1 aliphatic rings. The summed E-state index contributed by atoms with van der Waals surface area (Å²) in [6.07, 6.45) is -0.248. The summed E-state index contributed by atoms with van der Waals surface area (Å²) >= 11 is 0. The van der Waals surface area contributed by atoms with E-state index in [1.807, 2.05) is 6.92 Å². The number of carbonyl (C=O) groups excluding carboxylic acids is 1. The van der Waals surface area contributed by atoms with Crippen molar-refractivity contribution in [3.05, 3.63) is 29.8 Å². The smallest absolute Gasteiger partial charge is 0.243 e. The minimum Gasteiger partial charge on any atom is -0.299 e. The Morgan fingerprint density at radius 2 is 1.88 bits per heavy atom. The third kappa shape index (κ3) is 4.25. The number of hydrogen-bond acceptors (Lipinski definition) is 3. The van der Waals surface area contributed by atoms with Gasteiger partial charge >= 0.3 is 0 Å². The van der Waals surface area contributed by atoms with Gasteiger partial charge in [0, 0.05) is 33.7 Å². The van der Waals surface area contributed by atoms with E-state index >= 15 is 0 Å². The zero-order valence-electron chi connectivity index (χ0n) is 20.4. The van der Waals surface area contributed by atoms with Crippen molar-refractivity contribution in [2.45, 2.75) is 52.2 Å². The van der Waals surface area contributed by atoms with E-state index in [0.717, 1.165) is 5.56 Å². The van der Waals surface area contributed by atoms with Crippen molar-refractivity contribution in [1.82, 2.24) is 4.31 Å². The number of aryl methyl sites for hydroxylation is 1. The number of hydrogen-bond donors (Lipinski definition) is 0. The summed E-state index contributed by atoms with van der Waals surface area (Å²) in [5, 5.41) is 0. The topological polar surface area (TPSA) is 54.5 Å². The summed E-state index contributed by atoms with van der Waals surface area (Å²) in [6, 6.07) is 6.39. The van der Waals surface area contributed by atoms with E-state index in [1.165, 1.54) is 16.4 Å². The third-order valence-corrected chi connectivity index (χ3v) is 6.28. The van der Waals surface area contributed by atoms with Crippen LogP contribution in [0.25, 0.3) is 0 Å². The Hall–Kier alpha value is -1.20. The van der Waals surface area contributed by atoms with Gasteiger partial charge in [-0.3, -0.25) is 4.79 Å². The molecule has 0 radical (unpaired) electrons. The molecule has 0 N–H and O–H groups in total. The molecule has 24 heavy (non-hydrogen) atoms. The van der Waals surface area contributed by atoms with Gasteiger partial charge in [0.05, 0.1) is 4.90 Å². The van der Waals surface area contributed by atoms with Crippen molar-refractivity contribution in [1.29, 1.82) is 0 Å². The number of rotatable bonds is 3. The molecule has 1 aromatic rings. The minimum absolute atomic E-state index is 0.0773. The molecule has 2 rings (SSSR count). The second kappa shape index (κ2) is 6.96. The van der Waals surface area contributed by atoms with E-state index in [4.69, 9.17) is 8.22 Å². The van der Waals surface area contributed by atoms with Crippen LogP contribution in [0, 0.1) is 24.2 Å². The van der Waals surface area contributed by atoms with Crippen molar-refractivity contribution in [3.8, 4) is 0 Å². The second-order valence-corrected chi connectivity index (χ2v) is 9.27.